The van der Waals surface area contributed by atoms with E-state index in [0.717, 1.165) is 57.8 Å². The molecule has 4 N–H and O–H groups in total. The third-order valence-corrected chi connectivity index (χ3v) is 11.4. The first-order chi connectivity index (χ1) is 28.6. The van der Waals surface area contributed by atoms with Crippen LogP contribution in [0.4, 0.5) is 0 Å². The Kier molecular flexibility index (Phi) is 41.2. The third kappa shape index (κ3) is 42.4. The number of carbonyl (C=O) groups is 3. The van der Waals surface area contributed by atoms with Crippen LogP contribution in [0.15, 0.2) is 24.3 Å². The molecule has 0 saturated carbocycles. The van der Waals surface area contributed by atoms with Crippen LogP contribution in [0.3, 0.4) is 0 Å². The standard InChI is InChI=1S/C47H88NO10P/c1-3-5-7-9-11-13-15-17-18-19-20-21-22-23-24-25-26-27-29-31-33-35-37-39-46(50)58-43(41-56-59(53,54)57-42-44(48)47(51)52)40-55-45(49)38-36-34-32-30-28-16-14-12-10-8-6-4-2/h12,14,19-20,43-44H,3-11,13,15-18,21-42,48H2,1-2H3,(H,51,52)(H,53,54)/b14-12-,20-19-. The smallest absolute Gasteiger partial charge is 0.472 e. The zero-order valence-corrected chi connectivity index (χ0v) is 38.5. The number of hydrogen-bond acceptors (Lipinski definition) is 9. The Labute approximate surface area is 360 Å². The average molecular weight is 858 g/mol. The lowest BCUT2D eigenvalue weighted by molar-refractivity contribution is -0.161. The molecule has 0 aromatic carbocycles. The highest BCUT2D eigenvalue weighted by Crippen LogP contribution is 2.43. The molecule has 0 bridgehead atoms. The summed E-state index contributed by atoms with van der Waals surface area (Å²) in [5.41, 5.74) is 5.34. The number of carbonyl (C=O) groups excluding carboxylic acids is 2. The summed E-state index contributed by atoms with van der Waals surface area (Å²) in [7, 11) is -4.72. The number of ether oxygens (including phenoxy) is 2. The molecule has 346 valence electrons. The van der Waals surface area contributed by atoms with Crippen LogP contribution in [-0.2, 0) is 37.5 Å². The fourth-order valence-electron chi connectivity index (χ4n) is 6.64. The van der Waals surface area contributed by atoms with Crippen molar-refractivity contribution in [2.75, 3.05) is 19.8 Å². The summed E-state index contributed by atoms with van der Waals surface area (Å²) < 4.78 is 32.7. The molecule has 0 aliphatic heterocycles. The van der Waals surface area contributed by atoms with Gasteiger partial charge in [-0.25, -0.2) is 4.57 Å². The zero-order chi connectivity index (χ0) is 43.5. The molecule has 0 aliphatic rings. The summed E-state index contributed by atoms with van der Waals surface area (Å²) in [5, 5.41) is 8.90. The highest BCUT2D eigenvalue weighted by Gasteiger charge is 2.28. The Morgan fingerprint density at radius 2 is 0.847 bits per heavy atom. The van der Waals surface area contributed by atoms with Crippen molar-refractivity contribution < 1.29 is 47.5 Å². The van der Waals surface area contributed by atoms with Gasteiger partial charge in [-0.1, -0.05) is 173 Å². The number of nitrogens with two attached hydrogens (primary N) is 1. The molecule has 0 heterocycles. The van der Waals surface area contributed by atoms with E-state index in [0.29, 0.717) is 12.8 Å². The van der Waals surface area contributed by atoms with Gasteiger partial charge in [0.1, 0.15) is 12.6 Å². The Bertz CT molecular complexity index is 1100. The number of carboxylic acids is 1. The quantitative estimate of drug-likeness (QED) is 0.0230. The van der Waals surface area contributed by atoms with Crippen LogP contribution in [0.25, 0.3) is 0 Å². The fraction of sp³-hybridized carbons (Fsp3) is 0.851. The van der Waals surface area contributed by atoms with Crippen LogP contribution in [0.5, 0.6) is 0 Å². The molecule has 3 unspecified atom stereocenters. The number of phosphoric acid groups is 1. The highest BCUT2D eigenvalue weighted by atomic mass is 31.2. The van der Waals surface area contributed by atoms with Gasteiger partial charge in [0.15, 0.2) is 6.10 Å². The number of hydrogen-bond donors (Lipinski definition) is 3. The lowest BCUT2D eigenvalue weighted by Crippen LogP contribution is -2.34. The first kappa shape index (κ1) is 57.0. The predicted molar refractivity (Wildman–Crippen MR) is 240 cm³/mol. The summed E-state index contributed by atoms with van der Waals surface area (Å²) in [6, 6.07) is -1.52. The van der Waals surface area contributed by atoms with Gasteiger partial charge in [0.2, 0.25) is 0 Å². The number of aliphatic carboxylic acids is 1. The van der Waals surface area contributed by atoms with Crippen LogP contribution in [-0.4, -0.2) is 59.9 Å². The number of rotatable bonds is 45. The van der Waals surface area contributed by atoms with Crippen molar-refractivity contribution in [1.29, 1.82) is 0 Å². The predicted octanol–water partition coefficient (Wildman–Crippen LogP) is 13.0. The molecule has 59 heavy (non-hydrogen) atoms. The molecule has 0 aliphatic carbocycles. The van der Waals surface area contributed by atoms with Crippen molar-refractivity contribution in [3.8, 4) is 0 Å². The summed E-state index contributed by atoms with van der Waals surface area (Å²) in [6.45, 7) is 2.79. The second kappa shape index (κ2) is 42.6. The minimum atomic E-state index is -4.72. The SMILES string of the molecule is CCCCC/C=C\CCCCCCCC(=O)OCC(COP(=O)(O)OCC(N)C(=O)O)OC(=O)CCCCCCCCCCCCC/C=C\CCCCCCCCCC. The molecule has 12 heteroatoms. The van der Waals surface area contributed by atoms with Gasteiger partial charge in [-0.05, 0) is 64.2 Å². The van der Waals surface area contributed by atoms with Gasteiger partial charge in [0, 0.05) is 12.8 Å². The Morgan fingerprint density at radius 1 is 0.508 bits per heavy atom. The maximum atomic E-state index is 12.7. The van der Waals surface area contributed by atoms with Crippen molar-refractivity contribution >= 4 is 25.7 Å². The highest BCUT2D eigenvalue weighted by molar-refractivity contribution is 7.47. The van der Waals surface area contributed by atoms with E-state index in [1.165, 1.54) is 128 Å². The summed E-state index contributed by atoms with van der Waals surface area (Å²) in [4.78, 5) is 46.0. The van der Waals surface area contributed by atoms with Crippen molar-refractivity contribution in [3.63, 3.8) is 0 Å². The van der Waals surface area contributed by atoms with Gasteiger partial charge < -0.3 is 25.2 Å². The minimum Gasteiger partial charge on any atom is -0.480 e. The Morgan fingerprint density at radius 3 is 1.27 bits per heavy atom. The first-order valence-electron chi connectivity index (χ1n) is 23.9. The maximum Gasteiger partial charge on any atom is 0.472 e. The number of carboxylic acid groups (broad SMARTS) is 1. The number of unbranched alkanes of at least 4 members (excludes halogenated alkanes) is 27. The monoisotopic (exact) mass is 858 g/mol. The van der Waals surface area contributed by atoms with Gasteiger partial charge in [-0.2, -0.15) is 0 Å². The van der Waals surface area contributed by atoms with E-state index in [2.05, 4.69) is 42.7 Å². The van der Waals surface area contributed by atoms with E-state index in [4.69, 9.17) is 24.8 Å². The van der Waals surface area contributed by atoms with Crippen LogP contribution in [0.1, 0.15) is 226 Å². The van der Waals surface area contributed by atoms with Gasteiger partial charge in [-0.3, -0.25) is 23.4 Å². The molecule has 0 amide bonds. The van der Waals surface area contributed by atoms with Crippen LogP contribution >= 0.6 is 7.82 Å². The van der Waals surface area contributed by atoms with Gasteiger partial charge in [0.25, 0.3) is 0 Å². The largest absolute Gasteiger partial charge is 0.480 e. The normalized spacial score (nSPS) is 13.8. The second-order valence-corrected chi connectivity index (χ2v) is 17.7. The summed E-state index contributed by atoms with van der Waals surface area (Å²) in [6.07, 6.45) is 45.3. The number of phosphoric ester groups is 1. The van der Waals surface area contributed by atoms with Crippen molar-refractivity contribution in [3.05, 3.63) is 24.3 Å². The summed E-state index contributed by atoms with van der Waals surface area (Å²) in [5.74, 6) is -2.38. The number of esters is 2. The van der Waals surface area contributed by atoms with E-state index in [-0.39, 0.29) is 19.4 Å². The molecule has 0 spiro atoms. The fourth-order valence-corrected chi connectivity index (χ4v) is 7.42. The first-order valence-corrected chi connectivity index (χ1v) is 25.4. The average Bonchev–Trinajstić information content (AvgIpc) is 3.21. The van der Waals surface area contributed by atoms with Gasteiger partial charge in [-0.15, -0.1) is 0 Å². The Balaban J connectivity index is 4.21. The second-order valence-electron chi connectivity index (χ2n) is 16.2. The number of allylic oxidation sites excluding steroid dienone is 4. The molecule has 0 aromatic rings. The van der Waals surface area contributed by atoms with E-state index < -0.39 is 51.1 Å². The molecule has 11 nitrogen and oxygen atoms in total. The van der Waals surface area contributed by atoms with Crippen LogP contribution < -0.4 is 5.73 Å². The van der Waals surface area contributed by atoms with Crippen molar-refractivity contribution in [2.45, 2.75) is 238 Å². The zero-order valence-electron chi connectivity index (χ0n) is 37.6. The maximum absolute atomic E-state index is 12.7. The minimum absolute atomic E-state index is 0.161. The summed E-state index contributed by atoms with van der Waals surface area (Å²) >= 11 is 0. The molecular weight excluding hydrogens is 769 g/mol. The molecule has 3 atom stereocenters. The van der Waals surface area contributed by atoms with Gasteiger partial charge in [0.05, 0.1) is 13.2 Å². The van der Waals surface area contributed by atoms with E-state index in [9.17, 15) is 23.8 Å². The van der Waals surface area contributed by atoms with Crippen molar-refractivity contribution in [2.24, 2.45) is 5.73 Å². The van der Waals surface area contributed by atoms with Crippen molar-refractivity contribution in [1.82, 2.24) is 0 Å². The van der Waals surface area contributed by atoms with E-state index >= 15 is 0 Å². The van der Waals surface area contributed by atoms with Crippen LogP contribution in [0, 0.1) is 0 Å². The molecule has 0 aromatic heterocycles. The lowest BCUT2D eigenvalue weighted by atomic mass is 10.0. The van der Waals surface area contributed by atoms with E-state index in [1.807, 2.05) is 0 Å². The molecule has 0 fully saturated rings. The topological polar surface area (TPSA) is 172 Å². The van der Waals surface area contributed by atoms with E-state index in [1.54, 1.807) is 0 Å². The van der Waals surface area contributed by atoms with Crippen LogP contribution in [0.2, 0.25) is 0 Å². The third-order valence-electron chi connectivity index (χ3n) is 10.4. The molecule has 0 saturated heterocycles. The molecule has 0 radical (unpaired) electrons. The lowest BCUT2D eigenvalue weighted by Gasteiger charge is -2.20. The van der Waals surface area contributed by atoms with Gasteiger partial charge >= 0.3 is 25.7 Å². The Hall–Kier alpha value is -2.04. The molecular formula is C47H88NO10P. The molecule has 0 rings (SSSR count).